The van der Waals surface area contributed by atoms with Gasteiger partial charge in [0.1, 0.15) is 12.7 Å². The third-order valence-electron chi connectivity index (χ3n) is 0.968. The van der Waals surface area contributed by atoms with E-state index in [2.05, 4.69) is 15.6 Å². The maximum Gasteiger partial charge on any atom is 0.470 e. The zero-order chi connectivity index (χ0) is 10.3. The Morgan fingerprint density at radius 3 is 2.54 bits per heavy atom. The summed E-state index contributed by atoms with van der Waals surface area (Å²) in [4.78, 5) is 16.9. The molecule has 0 aromatic carbocycles. The van der Waals surface area contributed by atoms with Gasteiger partial charge in [-0.05, 0) is 0 Å². The first-order valence-corrected chi connectivity index (χ1v) is 5.28. The molecule has 0 saturated carbocycles. The summed E-state index contributed by atoms with van der Waals surface area (Å²) in [5.74, 6) is 0. The molecule has 0 saturated heterocycles. The van der Waals surface area contributed by atoms with Crippen LogP contribution >= 0.6 is 17.3 Å². The van der Waals surface area contributed by atoms with E-state index in [4.69, 9.17) is 14.5 Å². The zero-order valence-electron chi connectivity index (χ0n) is 6.83. The molecule has 13 heavy (non-hydrogen) atoms. The molecule has 0 aromatic heterocycles. The van der Waals surface area contributed by atoms with E-state index in [1.54, 1.807) is 0 Å². The Kier molecular flexibility index (Phi) is 6.51. The van der Waals surface area contributed by atoms with Gasteiger partial charge in [0.05, 0.1) is 12.9 Å². The third kappa shape index (κ3) is 8.37. The number of phosphoric ester groups is 1. The number of rotatable bonds is 7. The van der Waals surface area contributed by atoms with Crippen LogP contribution in [-0.4, -0.2) is 29.1 Å². The number of ether oxygens (including phenoxy) is 1. The molecular weight excluding hydrogens is 218 g/mol. The summed E-state index contributed by atoms with van der Waals surface area (Å²) in [6.45, 7) is 3.25. The molecule has 0 heterocycles. The zero-order valence-corrected chi connectivity index (χ0v) is 8.88. The molecular formula is C5H12O6P2. The minimum Gasteiger partial charge on any atom is -0.499 e. The molecule has 0 aliphatic carbocycles. The minimum atomic E-state index is -4.50. The van der Waals surface area contributed by atoms with Gasteiger partial charge in [-0.3, -0.25) is 4.52 Å². The number of phosphoric acid groups is 1. The molecule has 0 aromatic rings. The van der Waals surface area contributed by atoms with Crippen LogP contribution in [-0.2, 0) is 18.3 Å². The lowest BCUT2D eigenvalue weighted by atomic mass is 10.4. The van der Waals surface area contributed by atoms with Gasteiger partial charge >= 0.3 is 7.82 Å². The van der Waals surface area contributed by atoms with Gasteiger partial charge in [-0.2, -0.15) is 0 Å². The molecule has 2 unspecified atom stereocenters. The predicted octanol–water partition coefficient (Wildman–Crippen LogP) is 0.431. The van der Waals surface area contributed by atoms with Crippen LogP contribution in [0, 0.1) is 0 Å². The molecule has 2 N–H and O–H groups in total. The van der Waals surface area contributed by atoms with Crippen LogP contribution in [0.2, 0.25) is 0 Å². The van der Waals surface area contributed by atoms with E-state index in [1.165, 1.54) is 0 Å². The monoisotopic (exact) mass is 230 g/mol. The summed E-state index contributed by atoms with van der Waals surface area (Å²) in [7, 11) is -2.55. The molecule has 0 amide bonds. The smallest absolute Gasteiger partial charge is 0.470 e. The Labute approximate surface area is 78.4 Å². The van der Waals surface area contributed by atoms with Crippen molar-refractivity contribution in [3.05, 3.63) is 12.8 Å². The summed E-state index contributed by atoms with van der Waals surface area (Å²) in [6, 6.07) is 0. The molecule has 8 heteroatoms. The topological polar surface area (TPSA) is 85.2 Å². The summed E-state index contributed by atoms with van der Waals surface area (Å²) in [5.41, 5.74) is 0. The van der Waals surface area contributed by atoms with Crippen LogP contribution in [0.25, 0.3) is 0 Å². The quantitative estimate of drug-likeness (QED) is 0.487. The van der Waals surface area contributed by atoms with Crippen molar-refractivity contribution in [2.45, 2.75) is 6.10 Å². The van der Waals surface area contributed by atoms with Crippen LogP contribution < -0.4 is 0 Å². The number of hydrogen-bond donors (Lipinski definition) is 2. The highest BCUT2D eigenvalue weighted by Crippen LogP contribution is 2.37. The van der Waals surface area contributed by atoms with Gasteiger partial charge in [-0.1, -0.05) is 6.58 Å². The summed E-state index contributed by atoms with van der Waals surface area (Å²) < 4.78 is 24.0. The van der Waals surface area contributed by atoms with Crippen LogP contribution in [0.3, 0.4) is 0 Å². The Hall–Kier alpha value is 0.0400. The van der Waals surface area contributed by atoms with Crippen LogP contribution in [0.15, 0.2) is 12.8 Å². The SMILES string of the molecule is C=COCC(COP)OP(=O)(O)O. The standard InChI is InChI=1S/C5H12O6P2/c1-2-9-3-5(4-10-12)11-13(6,7)8/h2,5H,1,3-4,12H2,(H2,6,7,8). The molecule has 78 valence electrons. The molecule has 0 spiro atoms. The summed E-state index contributed by atoms with van der Waals surface area (Å²) in [5, 5.41) is 0. The fourth-order valence-corrected chi connectivity index (χ4v) is 1.31. The second-order valence-electron chi connectivity index (χ2n) is 2.05. The first-order chi connectivity index (χ1) is 5.99. The molecule has 0 rings (SSSR count). The second kappa shape index (κ2) is 6.49. The van der Waals surface area contributed by atoms with Crippen molar-refractivity contribution in [3.8, 4) is 0 Å². The first-order valence-electron chi connectivity index (χ1n) is 3.27. The van der Waals surface area contributed by atoms with Crippen LogP contribution in [0.4, 0.5) is 0 Å². The Balaban J connectivity index is 3.93. The van der Waals surface area contributed by atoms with E-state index >= 15 is 0 Å². The fourth-order valence-electron chi connectivity index (χ4n) is 0.586. The Morgan fingerprint density at radius 2 is 2.15 bits per heavy atom. The largest absolute Gasteiger partial charge is 0.499 e. The predicted molar refractivity (Wildman–Crippen MR) is 48.7 cm³/mol. The van der Waals surface area contributed by atoms with E-state index in [9.17, 15) is 4.57 Å². The van der Waals surface area contributed by atoms with Gasteiger partial charge in [0.15, 0.2) is 0 Å². The van der Waals surface area contributed by atoms with Gasteiger partial charge in [-0.15, -0.1) is 0 Å². The third-order valence-corrected chi connectivity index (χ3v) is 1.73. The highest BCUT2D eigenvalue weighted by molar-refractivity contribution is 7.46. The normalized spacial score (nSPS) is 13.8. The molecule has 0 fully saturated rings. The van der Waals surface area contributed by atoms with Crippen LogP contribution in [0.5, 0.6) is 0 Å². The number of hydrogen-bond acceptors (Lipinski definition) is 4. The summed E-state index contributed by atoms with van der Waals surface area (Å²) in [6.07, 6.45) is 0.329. The van der Waals surface area contributed by atoms with Crippen molar-refractivity contribution in [1.29, 1.82) is 0 Å². The minimum absolute atomic E-state index is 0.00359. The van der Waals surface area contributed by atoms with Crippen molar-refractivity contribution in [2.75, 3.05) is 13.2 Å². The first kappa shape index (κ1) is 13.0. The van der Waals surface area contributed by atoms with Gasteiger partial charge in [0.2, 0.25) is 0 Å². The van der Waals surface area contributed by atoms with E-state index in [-0.39, 0.29) is 13.2 Å². The molecule has 0 aliphatic rings. The molecule has 0 bridgehead atoms. The van der Waals surface area contributed by atoms with Crippen molar-refractivity contribution >= 4 is 17.3 Å². The van der Waals surface area contributed by atoms with E-state index in [0.29, 0.717) is 0 Å². The maximum absolute atomic E-state index is 10.4. The van der Waals surface area contributed by atoms with Crippen molar-refractivity contribution < 1.29 is 28.1 Å². The van der Waals surface area contributed by atoms with Gasteiger partial charge in [0.25, 0.3) is 0 Å². The molecule has 0 aliphatic heterocycles. The lowest BCUT2D eigenvalue weighted by Gasteiger charge is -2.16. The van der Waals surface area contributed by atoms with E-state index in [0.717, 1.165) is 6.26 Å². The molecule has 6 nitrogen and oxygen atoms in total. The highest BCUT2D eigenvalue weighted by atomic mass is 31.2. The maximum atomic E-state index is 10.4. The van der Waals surface area contributed by atoms with E-state index in [1.807, 2.05) is 9.47 Å². The average molecular weight is 230 g/mol. The molecule has 0 radical (unpaired) electrons. The van der Waals surface area contributed by atoms with E-state index < -0.39 is 13.9 Å². The Morgan fingerprint density at radius 1 is 1.54 bits per heavy atom. The van der Waals surface area contributed by atoms with Crippen LogP contribution in [0.1, 0.15) is 0 Å². The molecule has 2 atom stereocenters. The highest BCUT2D eigenvalue weighted by Gasteiger charge is 2.22. The lowest BCUT2D eigenvalue weighted by molar-refractivity contribution is 0.0456. The van der Waals surface area contributed by atoms with Gasteiger partial charge in [-0.25, -0.2) is 4.57 Å². The Bertz CT molecular complexity index is 189. The van der Waals surface area contributed by atoms with Crippen molar-refractivity contribution in [2.24, 2.45) is 0 Å². The van der Waals surface area contributed by atoms with Gasteiger partial charge in [0, 0.05) is 9.47 Å². The average Bonchev–Trinajstić information content (AvgIpc) is 1.98. The fraction of sp³-hybridized carbons (Fsp3) is 0.600. The van der Waals surface area contributed by atoms with Gasteiger partial charge < -0.3 is 19.0 Å². The second-order valence-corrected chi connectivity index (χ2v) is 3.58. The van der Waals surface area contributed by atoms with Crippen molar-refractivity contribution in [1.82, 2.24) is 0 Å². The summed E-state index contributed by atoms with van der Waals surface area (Å²) >= 11 is 0. The van der Waals surface area contributed by atoms with Crippen molar-refractivity contribution in [3.63, 3.8) is 0 Å². The lowest BCUT2D eigenvalue weighted by Crippen LogP contribution is -2.22.